The molecule has 23 heavy (non-hydrogen) atoms. The lowest BCUT2D eigenvalue weighted by Gasteiger charge is -2.35. The van der Waals surface area contributed by atoms with Crippen molar-refractivity contribution in [3.63, 3.8) is 0 Å². The standard InChI is InChI=1S/C15H21FN6O/c1-23-11-10-22-15(17-18-19-22)12-20-6-8-21(9-7-20)14-4-2-13(16)3-5-14/h2-5H,6-12H2,1H3. The highest BCUT2D eigenvalue weighted by Crippen LogP contribution is 2.17. The van der Waals surface area contributed by atoms with E-state index >= 15 is 0 Å². The van der Waals surface area contributed by atoms with E-state index in [1.165, 1.54) is 12.1 Å². The van der Waals surface area contributed by atoms with Crippen LogP contribution in [0, 0.1) is 5.82 Å². The van der Waals surface area contributed by atoms with Crippen LogP contribution < -0.4 is 4.90 Å². The van der Waals surface area contributed by atoms with Gasteiger partial charge in [0.1, 0.15) is 5.82 Å². The van der Waals surface area contributed by atoms with Crippen molar-refractivity contribution in [2.45, 2.75) is 13.1 Å². The fraction of sp³-hybridized carbons (Fsp3) is 0.533. The van der Waals surface area contributed by atoms with Gasteiger partial charge in [0.05, 0.1) is 19.7 Å². The Morgan fingerprint density at radius 2 is 1.87 bits per heavy atom. The fourth-order valence-electron chi connectivity index (χ4n) is 2.70. The highest BCUT2D eigenvalue weighted by molar-refractivity contribution is 5.46. The topological polar surface area (TPSA) is 59.3 Å². The number of hydrogen-bond acceptors (Lipinski definition) is 6. The third-order valence-corrected chi connectivity index (χ3v) is 4.04. The highest BCUT2D eigenvalue weighted by Gasteiger charge is 2.19. The maximum absolute atomic E-state index is 13.0. The van der Waals surface area contributed by atoms with Gasteiger partial charge in [-0.1, -0.05) is 0 Å². The molecule has 124 valence electrons. The Balaban J connectivity index is 1.53. The van der Waals surface area contributed by atoms with Crippen LogP contribution in [0.5, 0.6) is 0 Å². The molecule has 1 aliphatic heterocycles. The van der Waals surface area contributed by atoms with E-state index in [2.05, 4.69) is 25.3 Å². The maximum atomic E-state index is 13.0. The Morgan fingerprint density at radius 1 is 1.13 bits per heavy atom. The summed E-state index contributed by atoms with van der Waals surface area (Å²) >= 11 is 0. The van der Waals surface area contributed by atoms with Crippen LogP contribution in [0.2, 0.25) is 0 Å². The molecule has 0 aliphatic carbocycles. The van der Waals surface area contributed by atoms with Crippen LogP contribution in [-0.2, 0) is 17.8 Å². The van der Waals surface area contributed by atoms with Crippen molar-refractivity contribution in [1.82, 2.24) is 25.1 Å². The summed E-state index contributed by atoms with van der Waals surface area (Å²) in [5, 5.41) is 11.8. The first-order chi connectivity index (χ1) is 11.3. The molecular formula is C15H21FN6O. The minimum Gasteiger partial charge on any atom is -0.383 e. The van der Waals surface area contributed by atoms with Gasteiger partial charge in [-0.2, -0.15) is 0 Å². The Kier molecular flexibility index (Phi) is 5.14. The van der Waals surface area contributed by atoms with Gasteiger partial charge in [-0.3, -0.25) is 4.90 Å². The van der Waals surface area contributed by atoms with Gasteiger partial charge in [0, 0.05) is 39.0 Å². The average molecular weight is 320 g/mol. The number of tetrazole rings is 1. The largest absolute Gasteiger partial charge is 0.383 e. The number of aromatic nitrogens is 4. The molecule has 1 fully saturated rings. The molecule has 7 nitrogen and oxygen atoms in total. The van der Waals surface area contributed by atoms with Gasteiger partial charge in [0.15, 0.2) is 5.82 Å². The lowest BCUT2D eigenvalue weighted by Crippen LogP contribution is -2.46. The zero-order chi connectivity index (χ0) is 16.1. The van der Waals surface area contributed by atoms with Crippen LogP contribution in [0.1, 0.15) is 5.82 Å². The molecule has 0 saturated carbocycles. The van der Waals surface area contributed by atoms with Gasteiger partial charge in [-0.25, -0.2) is 9.07 Å². The summed E-state index contributed by atoms with van der Waals surface area (Å²) in [5.41, 5.74) is 1.07. The van der Waals surface area contributed by atoms with Gasteiger partial charge in [-0.05, 0) is 34.7 Å². The Hall–Kier alpha value is -2.06. The second kappa shape index (κ2) is 7.47. The number of rotatable bonds is 6. The summed E-state index contributed by atoms with van der Waals surface area (Å²) < 4.78 is 19.9. The van der Waals surface area contributed by atoms with E-state index in [1.807, 2.05) is 12.1 Å². The van der Waals surface area contributed by atoms with Crippen molar-refractivity contribution < 1.29 is 9.13 Å². The quantitative estimate of drug-likeness (QED) is 0.784. The van der Waals surface area contributed by atoms with Gasteiger partial charge in [0.2, 0.25) is 0 Å². The van der Waals surface area contributed by atoms with Crippen molar-refractivity contribution in [3.8, 4) is 0 Å². The number of ether oxygens (including phenoxy) is 1. The molecule has 0 radical (unpaired) electrons. The number of anilines is 1. The molecule has 2 aromatic rings. The molecule has 0 atom stereocenters. The van der Waals surface area contributed by atoms with Crippen molar-refractivity contribution >= 4 is 5.69 Å². The normalized spacial score (nSPS) is 16.0. The zero-order valence-electron chi connectivity index (χ0n) is 13.2. The van der Waals surface area contributed by atoms with Crippen molar-refractivity contribution in [2.75, 3.05) is 44.8 Å². The molecule has 1 aromatic heterocycles. The van der Waals surface area contributed by atoms with E-state index in [4.69, 9.17) is 4.74 Å². The minimum atomic E-state index is -0.199. The second-order valence-corrected chi connectivity index (χ2v) is 5.55. The first-order valence-corrected chi connectivity index (χ1v) is 7.73. The smallest absolute Gasteiger partial charge is 0.165 e. The molecule has 0 unspecified atom stereocenters. The van der Waals surface area contributed by atoms with Gasteiger partial charge in [-0.15, -0.1) is 5.10 Å². The lowest BCUT2D eigenvalue weighted by molar-refractivity contribution is 0.178. The number of methoxy groups -OCH3 is 1. The van der Waals surface area contributed by atoms with Crippen LogP contribution >= 0.6 is 0 Å². The van der Waals surface area contributed by atoms with Crippen molar-refractivity contribution in [3.05, 3.63) is 35.9 Å². The molecule has 3 rings (SSSR count). The van der Waals surface area contributed by atoms with Crippen LogP contribution in [0.15, 0.2) is 24.3 Å². The Morgan fingerprint density at radius 3 is 2.57 bits per heavy atom. The van der Waals surface area contributed by atoms with Crippen LogP contribution in [0.3, 0.4) is 0 Å². The summed E-state index contributed by atoms with van der Waals surface area (Å²) in [6.07, 6.45) is 0. The van der Waals surface area contributed by atoms with E-state index in [-0.39, 0.29) is 5.82 Å². The Labute approximate surface area is 134 Å². The monoisotopic (exact) mass is 320 g/mol. The molecule has 0 bridgehead atoms. The third-order valence-electron chi connectivity index (χ3n) is 4.04. The molecule has 1 saturated heterocycles. The summed E-state index contributed by atoms with van der Waals surface area (Å²) in [6, 6.07) is 6.67. The SMILES string of the molecule is COCCn1nnnc1CN1CCN(c2ccc(F)cc2)CC1. The molecule has 0 amide bonds. The van der Waals surface area contributed by atoms with E-state index in [1.54, 1.807) is 11.8 Å². The molecule has 1 aliphatic rings. The molecule has 1 aromatic carbocycles. The summed E-state index contributed by atoms with van der Waals surface area (Å²) in [5.74, 6) is 0.660. The molecule has 0 N–H and O–H groups in total. The van der Waals surface area contributed by atoms with Gasteiger partial charge in [0.25, 0.3) is 0 Å². The van der Waals surface area contributed by atoms with Gasteiger partial charge < -0.3 is 9.64 Å². The van der Waals surface area contributed by atoms with E-state index in [0.717, 1.165) is 44.2 Å². The number of hydrogen-bond donors (Lipinski definition) is 0. The van der Waals surface area contributed by atoms with Crippen LogP contribution in [-0.4, -0.2) is 65.0 Å². The van der Waals surface area contributed by atoms with Gasteiger partial charge >= 0.3 is 0 Å². The molecule has 8 heteroatoms. The van der Waals surface area contributed by atoms with Crippen LogP contribution in [0.4, 0.5) is 10.1 Å². The second-order valence-electron chi connectivity index (χ2n) is 5.55. The van der Waals surface area contributed by atoms with E-state index in [0.29, 0.717) is 13.2 Å². The number of nitrogens with zero attached hydrogens (tertiary/aromatic N) is 6. The zero-order valence-corrected chi connectivity index (χ0v) is 13.2. The molecule has 0 spiro atoms. The predicted molar refractivity (Wildman–Crippen MR) is 83.6 cm³/mol. The molecule has 2 heterocycles. The maximum Gasteiger partial charge on any atom is 0.165 e. The Bertz CT molecular complexity index is 609. The summed E-state index contributed by atoms with van der Waals surface area (Å²) in [6.45, 7) is 5.65. The number of benzene rings is 1. The highest BCUT2D eigenvalue weighted by atomic mass is 19.1. The minimum absolute atomic E-state index is 0.199. The van der Waals surface area contributed by atoms with Crippen molar-refractivity contribution in [2.24, 2.45) is 0 Å². The first kappa shape index (κ1) is 15.8. The van der Waals surface area contributed by atoms with E-state index in [9.17, 15) is 4.39 Å². The fourth-order valence-corrected chi connectivity index (χ4v) is 2.70. The lowest BCUT2D eigenvalue weighted by atomic mass is 10.2. The summed E-state index contributed by atoms with van der Waals surface area (Å²) in [4.78, 5) is 4.60. The average Bonchev–Trinajstić information content (AvgIpc) is 3.01. The van der Waals surface area contributed by atoms with E-state index < -0.39 is 0 Å². The summed E-state index contributed by atoms with van der Waals surface area (Å²) in [7, 11) is 1.67. The van der Waals surface area contributed by atoms with Crippen LogP contribution in [0.25, 0.3) is 0 Å². The first-order valence-electron chi connectivity index (χ1n) is 7.73. The third kappa shape index (κ3) is 4.02. The molecular weight excluding hydrogens is 299 g/mol. The number of piperazine rings is 1. The predicted octanol–water partition coefficient (Wildman–Crippen LogP) is 0.781. The van der Waals surface area contributed by atoms with Crippen molar-refractivity contribution in [1.29, 1.82) is 0 Å². The number of halogens is 1.